The largest absolute Gasteiger partial charge is 0.471 e. The van der Waals surface area contributed by atoms with Gasteiger partial charge in [0.1, 0.15) is 5.82 Å². The van der Waals surface area contributed by atoms with E-state index in [0.717, 1.165) is 6.26 Å². The number of carbonyl (C=O) groups is 1. The van der Waals surface area contributed by atoms with E-state index in [1.807, 2.05) is 5.32 Å². The van der Waals surface area contributed by atoms with Gasteiger partial charge in [0.05, 0.1) is 18.9 Å². The molecule has 0 aliphatic carbocycles. The Morgan fingerprint density at radius 2 is 1.89 bits per heavy atom. The molecule has 0 unspecified atom stereocenters. The van der Waals surface area contributed by atoms with Crippen LogP contribution in [-0.4, -0.2) is 66.0 Å². The van der Waals surface area contributed by atoms with Crippen LogP contribution in [0.25, 0.3) is 16.9 Å². The Bertz CT molecular complexity index is 1420. The maximum Gasteiger partial charge on any atom is 0.471 e. The van der Waals surface area contributed by atoms with Crippen LogP contribution in [-0.2, 0) is 24.1 Å². The van der Waals surface area contributed by atoms with E-state index >= 15 is 0 Å². The minimum absolute atomic E-state index is 0.0166. The summed E-state index contributed by atoms with van der Waals surface area (Å²) in [5.41, 5.74) is -0.412. The predicted molar refractivity (Wildman–Crippen MR) is 119 cm³/mol. The van der Waals surface area contributed by atoms with E-state index in [2.05, 4.69) is 15.0 Å². The number of ether oxygens (including phenoxy) is 2. The number of halogens is 4. The summed E-state index contributed by atoms with van der Waals surface area (Å²) in [6.45, 7) is 1.21. The van der Waals surface area contributed by atoms with E-state index in [4.69, 9.17) is 9.47 Å². The lowest BCUT2D eigenvalue weighted by Crippen LogP contribution is -2.48. The first kappa shape index (κ1) is 26.6. The summed E-state index contributed by atoms with van der Waals surface area (Å²) in [4.78, 5) is 23.0. The fraction of sp³-hybridized carbons (Fsp3) is 0.364. The van der Waals surface area contributed by atoms with Crippen LogP contribution in [0.3, 0.4) is 0 Å². The smallest absolute Gasteiger partial charge is 0.348 e. The summed E-state index contributed by atoms with van der Waals surface area (Å²) in [6.07, 6.45) is -0.813. The van der Waals surface area contributed by atoms with Gasteiger partial charge in [-0.25, -0.2) is 27.8 Å². The van der Waals surface area contributed by atoms with Crippen molar-refractivity contribution in [1.82, 2.24) is 24.8 Å². The summed E-state index contributed by atoms with van der Waals surface area (Å²) in [6, 6.07) is 5.45. The molecule has 1 N–H and O–H groups in total. The summed E-state index contributed by atoms with van der Waals surface area (Å²) in [5.74, 6) is -2.42. The molecule has 10 nitrogen and oxygen atoms in total. The number of nitrogens with one attached hydrogen (secondary N) is 1. The molecular weight excluding hydrogens is 522 g/mol. The van der Waals surface area contributed by atoms with E-state index in [9.17, 15) is 30.8 Å². The van der Waals surface area contributed by atoms with E-state index in [1.54, 1.807) is 17.7 Å². The molecule has 1 aliphatic rings. The molecule has 1 aromatic carbocycles. The number of imidazole rings is 1. The van der Waals surface area contributed by atoms with Crippen LogP contribution in [0.1, 0.15) is 19.0 Å². The third-order valence-electron chi connectivity index (χ3n) is 5.45. The van der Waals surface area contributed by atoms with Crippen molar-refractivity contribution in [2.24, 2.45) is 5.41 Å². The highest BCUT2D eigenvalue weighted by atomic mass is 32.2. The van der Waals surface area contributed by atoms with E-state index in [1.165, 1.54) is 36.7 Å². The lowest BCUT2D eigenvalue weighted by atomic mass is 9.92. The minimum Gasteiger partial charge on any atom is -0.348 e. The van der Waals surface area contributed by atoms with Gasteiger partial charge in [0, 0.05) is 48.1 Å². The lowest BCUT2D eigenvalue weighted by Gasteiger charge is -2.37. The minimum atomic E-state index is -4.99. The first-order valence-electron chi connectivity index (χ1n) is 10.7. The van der Waals surface area contributed by atoms with Crippen molar-refractivity contribution in [3.63, 3.8) is 0 Å². The fourth-order valence-electron chi connectivity index (χ4n) is 3.53. The molecule has 0 spiro atoms. The molecule has 1 saturated heterocycles. The molecule has 0 bridgehead atoms. The first-order valence-corrected chi connectivity index (χ1v) is 12.6. The van der Waals surface area contributed by atoms with Crippen molar-refractivity contribution in [3.05, 3.63) is 54.5 Å². The summed E-state index contributed by atoms with van der Waals surface area (Å²) in [5, 5.41) is 1.38. The highest BCUT2D eigenvalue weighted by Crippen LogP contribution is 2.33. The molecule has 0 atom stereocenters. The van der Waals surface area contributed by atoms with Gasteiger partial charge in [-0.1, -0.05) is 6.92 Å². The molecule has 1 aliphatic heterocycles. The van der Waals surface area contributed by atoms with E-state index in [-0.39, 0.29) is 36.8 Å². The Morgan fingerprint density at radius 1 is 1.19 bits per heavy atom. The molecule has 198 valence electrons. The van der Waals surface area contributed by atoms with Crippen LogP contribution in [0, 0.1) is 11.2 Å². The predicted octanol–water partition coefficient (Wildman–Crippen LogP) is 2.60. The average molecular weight is 543 g/mol. The SMILES string of the molecule is CC1(CNC(=O)C(F)(F)F)COC(c2nccn2-c2ccc(F)c(-c3ccnc(S(C)(=O)=O)n3)c2)OC1. The zero-order chi connectivity index (χ0) is 27.0. The topological polar surface area (TPSA) is 125 Å². The zero-order valence-corrected chi connectivity index (χ0v) is 20.3. The number of carbonyl (C=O) groups excluding carboxylic acids is 1. The molecule has 3 aromatic rings. The zero-order valence-electron chi connectivity index (χ0n) is 19.5. The first-order chi connectivity index (χ1) is 17.3. The Hall–Kier alpha value is -3.43. The number of aromatic nitrogens is 4. The van der Waals surface area contributed by atoms with Crippen molar-refractivity contribution in [2.45, 2.75) is 24.5 Å². The number of benzene rings is 1. The molecule has 3 heterocycles. The van der Waals surface area contributed by atoms with Crippen LogP contribution < -0.4 is 5.32 Å². The summed E-state index contributed by atoms with van der Waals surface area (Å²) < 4.78 is 88.7. The quantitative estimate of drug-likeness (QED) is 0.372. The highest BCUT2D eigenvalue weighted by Gasteiger charge is 2.41. The van der Waals surface area contributed by atoms with E-state index in [0.29, 0.717) is 5.69 Å². The van der Waals surface area contributed by atoms with E-state index < -0.39 is 44.6 Å². The monoisotopic (exact) mass is 543 g/mol. The van der Waals surface area contributed by atoms with Gasteiger partial charge in [0.25, 0.3) is 0 Å². The van der Waals surface area contributed by atoms with Crippen molar-refractivity contribution in [3.8, 4) is 16.9 Å². The van der Waals surface area contributed by atoms with Crippen molar-refractivity contribution in [1.29, 1.82) is 0 Å². The molecule has 1 fully saturated rings. The second-order valence-electron chi connectivity index (χ2n) is 8.76. The number of rotatable bonds is 6. The van der Waals surface area contributed by atoms with Crippen molar-refractivity contribution < 1.29 is 40.2 Å². The normalized spacial score (nSPS) is 20.5. The molecular formula is C22H21F4N5O5S. The molecule has 0 saturated carbocycles. The van der Waals surface area contributed by atoms with Gasteiger partial charge in [-0.3, -0.25) is 9.36 Å². The maximum absolute atomic E-state index is 14.7. The Balaban J connectivity index is 1.54. The second-order valence-corrected chi connectivity index (χ2v) is 10.7. The van der Waals surface area contributed by atoms with Crippen LogP contribution in [0.5, 0.6) is 0 Å². The standard InChI is InChI=1S/C22H21F4N5O5S/c1-21(10-29-19(32)22(24,25)26)11-35-18(36-12-21)17-27-7-8-31(17)13-3-4-15(23)14(9-13)16-5-6-28-20(30-16)37(2,33)34/h3-9,18H,10-12H2,1-2H3,(H,29,32). The third-order valence-corrected chi connectivity index (χ3v) is 6.31. The van der Waals surface area contributed by atoms with Gasteiger partial charge < -0.3 is 14.8 Å². The van der Waals surface area contributed by atoms with Crippen LogP contribution in [0.4, 0.5) is 17.6 Å². The average Bonchev–Trinajstić information content (AvgIpc) is 3.32. The number of hydrogen-bond donors (Lipinski definition) is 1. The van der Waals surface area contributed by atoms with Crippen LogP contribution in [0.2, 0.25) is 0 Å². The Morgan fingerprint density at radius 3 is 2.54 bits per heavy atom. The summed E-state index contributed by atoms with van der Waals surface area (Å²) >= 11 is 0. The lowest BCUT2D eigenvalue weighted by molar-refractivity contribution is -0.233. The molecule has 15 heteroatoms. The van der Waals surface area contributed by atoms with Crippen LogP contribution >= 0.6 is 0 Å². The number of nitrogens with zero attached hydrogens (tertiary/aromatic N) is 4. The van der Waals surface area contributed by atoms with Gasteiger partial charge in [0.2, 0.25) is 21.3 Å². The molecule has 0 radical (unpaired) electrons. The fourth-order valence-corrected chi connectivity index (χ4v) is 4.04. The number of sulfone groups is 1. The Labute approximate surface area is 208 Å². The second kappa shape index (κ2) is 9.79. The van der Waals surface area contributed by atoms with Gasteiger partial charge in [-0.05, 0) is 24.3 Å². The number of alkyl halides is 3. The molecule has 2 aromatic heterocycles. The van der Waals surface area contributed by atoms with Gasteiger partial charge in [-0.2, -0.15) is 13.2 Å². The molecule has 1 amide bonds. The van der Waals surface area contributed by atoms with Crippen molar-refractivity contribution >= 4 is 15.7 Å². The van der Waals surface area contributed by atoms with Crippen LogP contribution in [0.15, 0.2) is 48.0 Å². The highest BCUT2D eigenvalue weighted by molar-refractivity contribution is 7.90. The maximum atomic E-state index is 14.7. The summed E-state index contributed by atoms with van der Waals surface area (Å²) in [7, 11) is -3.72. The van der Waals surface area contributed by atoms with Gasteiger partial charge >= 0.3 is 12.1 Å². The molecule has 37 heavy (non-hydrogen) atoms. The van der Waals surface area contributed by atoms with Gasteiger partial charge in [0.15, 0.2) is 5.82 Å². The van der Waals surface area contributed by atoms with Gasteiger partial charge in [-0.15, -0.1) is 0 Å². The molecule has 4 rings (SSSR count). The number of amides is 1. The number of hydrogen-bond acceptors (Lipinski definition) is 8. The third kappa shape index (κ3) is 5.94. The van der Waals surface area contributed by atoms with Crippen molar-refractivity contribution in [2.75, 3.05) is 26.0 Å². The Kier molecular flexibility index (Phi) is 7.05.